The summed E-state index contributed by atoms with van der Waals surface area (Å²) >= 11 is 0. The number of imidazole rings is 1. The first kappa shape index (κ1) is 11.6. The number of hydrogen-bond donors (Lipinski definition) is 4. The van der Waals surface area contributed by atoms with Gasteiger partial charge in [-0.3, -0.25) is 9.78 Å². The average Bonchev–Trinajstić information content (AvgIpc) is 2.69. The van der Waals surface area contributed by atoms with Gasteiger partial charge in [-0.1, -0.05) is 0 Å². The number of aliphatic hydroxyl groups excluding tert-OH is 1. The molecule has 92 valence electrons. The third-order valence-electron chi connectivity index (χ3n) is 2.47. The van der Waals surface area contributed by atoms with Crippen molar-refractivity contribution in [3.05, 3.63) is 16.7 Å². The van der Waals surface area contributed by atoms with E-state index in [0.717, 1.165) is 0 Å². The molecule has 0 fully saturated rings. The summed E-state index contributed by atoms with van der Waals surface area (Å²) in [7, 11) is 0. The Labute approximate surface area is 96.3 Å². The Balaban J connectivity index is 2.33. The molecule has 0 aromatic carbocycles. The molecule has 0 aliphatic heterocycles. The number of hydrogen-bond acceptors (Lipinski definition) is 6. The van der Waals surface area contributed by atoms with Crippen LogP contribution in [0.25, 0.3) is 11.2 Å². The van der Waals surface area contributed by atoms with Gasteiger partial charge in [-0.15, -0.1) is 0 Å². The molecule has 2 aromatic heterocycles. The zero-order chi connectivity index (χ0) is 12.4. The Morgan fingerprint density at radius 3 is 3.06 bits per heavy atom. The number of aromatic nitrogens is 4. The van der Waals surface area contributed by atoms with Gasteiger partial charge in [0, 0.05) is 13.1 Å². The smallest absolute Gasteiger partial charge is 0.280 e. The predicted octanol–water partition coefficient (Wildman–Crippen LogP) is -1.59. The molecule has 0 aliphatic rings. The first-order chi connectivity index (χ1) is 8.11. The predicted molar refractivity (Wildman–Crippen MR) is 62.2 cm³/mol. The van der Waals surface area contributed by atoms with Crippen LogP contribution >= 0.6 is 0 Å². The van der Waals surface area contributed by atoms with E-state index in [9.17, 15) is 9.90 Å². The number of fused-ring (bicyclic) bond motifs is 1. The van der Waals surface area contributed by atoms with Crippen LogP contribution in [0.15, 0.2) is 11.1 Å². The third kappa shape index (κ3) is 2.27. The molecule has 0 spiro atoms. The van der Waals surface area contributed by atoms with Gasteiger partial charge in [0.05, 0.1) is 12.4 Å². The van der Waals surface area contributed by atoms with Crippen molar-refractivity contribution in [1.29, 1.82) is 0 Å². The van der Waals surface area contributed by atoms with E-state index < -0.39 is 6.10 Å². The number of nitrogens with two attached hydrogens (primary N) is 2. The minimum Gasteiger partial charge on any atom is -0.392 e. The molecule has 6 N–H and O–H groups in total. The minimum atomic E-state index is -0.577. The van der Waals surface area contributed by atoms with Crippen LogP contribution in [0.5, 0.6) is 0 Å². The largest absolute Gasteiger partial charge is 0.392 e. The molecule has 0 aliphatic carbocycles. The number of nitrogens with one attached hydrogen (secondary N) is 1. The first-order valence-corrected chi connectivity index (χ1v) is 5.20. The first-order valence-electron chi connectivity index (χ1n) is 5.20. The Hall–Kier alpha value is -1.93. The molecule has 17 heavy (non-hydrogen) atoms. The second kappa shape index (κ2) is 4.52. The molecule has 2 heterocycles. The Morgan fingerprint density at radius 2 is 2.35 bits per heavy atom. The molecule has 0 saturated carbocycles. The summed E-state index contributed by atoms with van der Waals surface area (Å²) in [6, 6.07) is 0. The number of nitrogens with zero attached hydrogens (tertiary/aromatic N) is 3. The van der Waals surface area contributed by atoms with Crippen LogP contribution in [-0.4, -0.2) is 37.3 Å². The van der Waals surface area contributed by atoms with E-state index in [0.29, 0.717) is 18.6 Å². The molecule has 8 heteroatoms. The maximum absolute atomic E-state index is 11.5. The van der Waals surface area contributed by atoms with Crippen molar-refractivity contribution in [1.82, 2.24) is 19.5 Å². The van der Waals surface area contributed by atoms with Gasteiger partial charge in [0.2, 0.25) is 5.95 Å². The summed E-state index contributed by atoms with van der Waals surface area (Å²) in [5.74, 6) is 0.0450. The minimum absolute atomic E-state index is 0.0450. The Morgan fingerprint density at radius 1 is 1.59 bits per heavy atom. The molecule has 0 amide bonds. The van der Waals surface area contributed by atoms with Gasteiger partial charge in [-0.25, -0.2) is 4.98 Å². The highest BCUT2D eigenvalue weighted by Crippen LogP contribution is 2.07. The van der Waals surface area contributed by atoms with Gasteiger partial charge in [0.1, 0.15) is 0 Å². The molecule has 1 atom stereocenters. The fourth-order valence-electron chi connectivity index (χ4n) is 1.54. The molecular weight excluding hydrogens is 224 g/mol. The lowest BCUT2D eigenvalue weighted by molar-refractivity contribution is 0.167. The number of anilines is 1. The maximum atomic E-state index is 11.5. The van der Waals surface area contributed by atoms with Gasteiger partial charge in [0.25, 0.3) is 5.56 Å². The summed E-state index contributed by atoms with van der Waals surface area (Å²) in [6.45, 7) is 0.674. The number of aromatic amines is 1. The van der Waals surface area contributed by atoms with Gasteiger partial charge < -0.3 is 21.1 Å². The van der Waals surface area contributed by atoms with Crippen molar-refractivity contribution in [2.75, 3.05) is 12.3 Å². The second-order valence-corrected chi connectivity index (χ2v) is 3.74. The quantitative estimate of drug-likeness (QED) is 0.507. The highest BCUT2D eigenvalue weighted by Gasteiger charge is 2.10. The normalized spacial score (nSPS) is 13.1. The number of nitrogen functional groups attached to an aromatic ring is 1. The lowest BCUT2D eigenvalue weighted by Gasteiger charge is -2.08. The van der Waals surface area contributed by atoms with Crippen LogP contribution in [0.3, 0.4) is 0 Å². The van der Waals surface area contributed by atoms with Crippen LogP contribution < -0.4 is 17.0 Å². The maximum Gasteiger partial charge on any atom is 0.280 e. The number of rotatable bonds is 4. The summed E-state index contributed by atoms with van der Waals surface area (Å²) in [5.41, 5.74) is 11.0. The summed E-state index contributed by atoms with van der Waals surface area (Å²) in [5, 5.41) is 9.37. The van der Waals surface area contributed by atoms with Gasteiger partial charge >= 0.3 is 0 Å². The molecule has 8 nitrogen and oxygen atoms in total. The van der Waals surface area contributed by atoms with Crippen molar-refractivity contribution in [2.45, 2.75) is 19.1 Å². The van der Waals surface area contributed by atoms with Crippen LogP contribution in [0, 0.1) is 0 Å². The lowest BCUT2D eigenvalue weighted by Crippen LogP contribution is -2.21. The van der Waals surface area contributed by atoms with E-state index >= 15 is 0 Å². The number of aliphatic hydroxyl groups is 1. The molecule has 0 radical (unpaired) electrons. The monoisotopic (exact) mass is 238 g/mol. The SMILES string of the molecule is NC[C@H](O)CCn1cnc2c(=O)[nH]c(N)nc21. The topological polar surface area (TPSA) is 136 Å². The van der Waals surface area contributed by atoms with E-state index in [1.807, 2.05) is 0 Å². The average molecular weight is 238 g/mol. The van der Waals surface area contributed by atoms with Gasteiger partial charge in [-0.05, 0) is 6.42 Å². The molecule has 0 bridgehead atoms. The van der Waals surface area contributed by atoms with Crippen molar-refractivity contribution in [3.8, 4) is 0 Å². The fourth-order valence-corrected chi connectivity index (χ4v) is 1.54. The summed E-state index contributed by atoms with van der Waals surface area (Å²) in [6.07, 6.45) is 1.39. The van der Waals surface area contributed by atoms with Crippen molar-refractivity contribution < 1.29 is 5.11 Å². The van der Waals surface area contributed by atoms with Crippen LogP contribution in [-0.2, 0) is 6.54 Å². The highest BCUT2D eigenvalue weighted by atomic mass is 16.3. The van der Waals surface area contributed by atoms with E-state index in [4.69, 9.17) is 11.5 Å². The van der Waals surface area contributed by atoms with E-state index in [2.05, 4.69) is 15.0 Å². The van der Waals surface area contributed by atoms with E-state index in [1.54, 1.807) is 4.57 Å². The van der Waals surface area contributed by atoms with Crippen LogP contribution in [0.1, 0.15) is 6.42 Å². The Kier molecular flexibility index (Phi) is 3.07. The van der Waals surface area contributed by atoms with E-state index in [1.165, 1.54) is 6.33 Å². The highest BCUT2D eigenvalue weighted by molar-refractivity contribution is 5.70. The number of H-pyrrole nitrogens is 1. The molecule has 2 rings (SSSR count). The van der Waals surface area contributed by atoms with Crippen LogP contribution in [0.4, 0.5) is 5.95 Å². The Bertz CT molecular complexity index is 574. The molecular formula is C9H14N6O2. The van der Waals surface area contributed by atoms with Crippen molar-refractivity contribution in [3.63, 3.8) is 0 Å². The molecule has 0 unspecified atom stereocenters. The second-order valence-electron chi connectivity index (χ2n) is 3.74. The van der Waals surface area contributed by atoms with Crippen molar-refractivity contribution >= 4 is 17.1 Å². The molecule has 2 aromatic rings. The standard InChI is InChI=1S/C9H14N6O2/c10-3-5(16)1-2-15-4-12-6-7(15)13-9(11)14-8(6)17/h4-5,16H,1-3,10H2,(H3,11,13,14,17)/t5-/m1/s1. The van der Waals surface area contributed by atoms with E-state index in [-0.39, 0.29) is 23.6 Å². The fraction of sp³-hybridized carbons (Fsp3) is 0.444. The zero-order valence-electron chi connectivity index (χ0n) is 9.13. The summed E-state index contributed by atoms with van der Waals surface area (Å²) < 4.78 is 1.67. The third-order valence-corrected chi connectivity index (χ3v) is 2.47. The zero-order valence-corrected chi connectivity index (χ0v) is 9.13. The van der Waals surface area contributed by atoms with Crippen LogP contribution in [0.2, 0.25) is 0 Å². The van der Waals surface area contributed by atoms with Gasteiger partial charge in [-0.2, -0.15) is 4.98 Å². The van der Waals surface area contributed by atoms with Gasteiger partial charge in [0.15, 0.2) is 11.2 Å². The summed E-state index contributed by atoms with van der Waals surface area (Å²) in [4.78, 5) is 21.8. The van der Waals surface area contributed by atoms with Crippen molar-refractivity contribution in [2.24, 2.45) is 5.73 Å². The molecule has 0 saturated heterocycles. The number of aryl methyl sites for hydroxylation is 1. The lowest BCUT2D eigenvalue weighted by atomic mass is 10.2.